The average molecular weight is 425 g/mol. The Hall–Kier alpha value is -1.75. The van der Waals surface area contributed by atoms with Gasteiger partial charge in [-0.1, -0.05) is 0 Å². The maximum absolute atomic E-state index is 11.3. The van der Waals surface area contributed by atoms with Crippen LogP contribution in [0.1, 0.15) is 6.23 Å². The van der Waals surface area contributed by atoms with Gasteiger partial charge in [0.2, 0.25) is 10.4 Å². The smallest absolute Gasteiger partial charge is 0.282 e. The number of anilines is 1. The third-order valence-corrected chi connectivity index (χ3v) is 5.50. The van der Waals surface area contributed by atoms with Gasteiger partial charge in [-0.2, -0.15) is 0 Å². The molecule has 0 spiro atoms. The first-order valence-corrected chi connectivity index (χ1v) is 9.85. The van der Waals surface area contributed by atoms with Crippen LogP contribution in [0.4, 0.5) is 5.82 Å². The molecule has 3 rings (SSSR count). The fourth-order valence-electron chi connectivity index (χ4n) is 2.45. The number of phosphoric ester groups is 1. The van der Waals surface area contributed by atoms with E-state index in [9.17, 15) is 32.6 Å². The quantitative estimate of drug-likeness (QED) is 0.237. The number of nitrogen functional groups attached to an aromatic ring is 1. The minimum atomic E-state index is -5.57. The van der Waals surface area contributed by atoms with Crippen LogP contribution in [0, 0.1) is 0 Å². The SMILES string of the molecule is Nc1ncnc2c1ncn2[C@H]1O[C@@H](COP(=O)([O-])OS(=O)(=O)[O-])[C@H](O)[C@@H]1O. The number of ether oxygens (including phenoxy) is 1. The summed E-state index contributed by atoms with van der Waals surface area (Å²) in [6.07, 6.45) is -3.49. The molecule has 0 bridgehead atoms. The van der Waals surface area contributed by atoms with Gasteiger partial charge in [-0.25, -0.2) is 27.3 Å². The summed E-state index contributed by atoms with van der Waals surface area (Å²) < 4.78 is 56.3. The molecule has 3 heterocycles. The fraction of sp³-hybridized carbons (Fsp3) is 0.500. The van der Waals surface area contributed by atoms with E-state index < -0.39 is 49.4 Å². The predicted molar refractivity (Wildman–Crippen MR) is 80.0 cm³/mol. The van der Waals surface area contributed by atoms with Crippen molar-refractivity contribution in [3.63, 3.8) is 0 Å². The second-order valence-corrected chi connectivity index (χ2v) is 7.92. The molecular weight excluding hydrogens is 413 g/mol. The summed E-state index contributed by atoms with van der Waals surface area (Å²) in [5.74, 6) is 0.0648. The van der Waals surface area contributed by atoms with Crippen LogP contribution in [-0.4, -0.2) is 67.6 Å². The normalized spacial score (nSPS) is 28.4. The lowest BCUT2D eigenvalue weighted by atomic mass is 10.1. The molecule has 17 heteroatoms. The van der Waals surface area contributed by atoms with Gasteiger partial charge in [0, 0.05) is 0 Å². The molecule has 1 unspecified atom stereocenters. The molecule has 5 atom stereocenters. The van der Waals surface area contributed by atoms with Crippen molar-refractivity contribution in [3.8, 4) is 0 Å². The lowest BCUT2D eigenvalue weighted by molar-refractivity contribution is -0.220. The minimum Gasteiger partial charge on any atom is -0.755 e. The van der Waals surface area contributed by atoms with Crippen molar-refractivity contribution in [2.24, 2.45) is 0 Å². The largest absolute Gasteiger partial charge is 0.755 e. The van der Waals surface area contributed by atoms with Gasteiger partial charge in [0.15, 0.2) is 17.7 Å². The minimum absolute atomic E-state index is 0.0648. The van der Waals surface area contributed by atoms with Gasteiger partial charge in [0.05, 0.1) is 12.9 Å². The van der Waals surface area contributed by atoms with E-state index in [0.717, 1.165) is 6.33 Å². The Kier molecular flexibility index (Phi) is 5.19. The Labute approximate surface area is 150 Å². The molecule has 2 aromatic rings. The molecule has 0 aromatic carbocycles. The molecule has 1 fully saturated rings. The number of rotatable bonds is 6. The lowest BCUT2D eigenvalue weighted by Gasteiger charge is -2.25. The summed E-state index contributed by atoms with van der Waals surface area (Å²) in [7, 11) is -11.1. The van der Waals surface area contributed by atoms with Crippen molar-refractivity contribution < 1.29 is 45.9 Å². The van der Waals surface area contributed by atoms with Gasteiger partial charge in [0.1, 0.15) is 30.2 Å². The third kappa shape index (κ3) is 4.23. The number of nitrogens with two attached hydrogens (primary N) is 1. The van der Waals surface area contributed by atoms with Crippen molar-refractivity contribution in [1.29, 1.82) is 0 Å². The van der Waals surface area contributed by atoms with Crippen molar-refractivity contribution in [1.82, 2.24) is 19.5 Å². The standard InChI is InChI=1S/C10H14N5O10PS/c11-8-5-9(13-2-12-8)15(3-14-5)10-7(17)6(16)4(24-10)1-23-26(18,19)25-27(20,21)22/h2-4,6-7,10,16-17H,1H2,(H,18,19)(H2,11,12,13)(H,20,21,22)/p-2/t4-,6-,7-,10-/m0/s1. The van der Waals surface area contributed by atoms with E-state index in [1.54, 1.807) is 0 Å². The molecule has 150 valence electrons. The van der Waals surface area contributed by atoms with Gasteiger partial charge < -0.3 is 34.7 Å². The zero-order valence-electron chi connectivity index (χ0n) is 13.1. The summed E-state index contributed by atoms with van der Waals surface area (Å²) in [5, 5.41) is 20.2. The molecule has 15 nitrogen and oxygen atoms in total. The predicted octanol–water partition coefficient (Wildman–Crippen LogP) is -3.01. The van der Waals surface area contributed by atoms with Crippen LogP contribution >= 0.6 is 7.82 Å². The molecular formula is C10H12N5O10PS-2. The Morgan fingerprint density at radius 1 is 1.33 bits per heavy atom. The molecule has 2 aromatic heterocycles. The van der Waals surface area contributed by atoms with Gasteiger partial charge in [-0.05, 0) is 0 Å². The van der Waals surface area contributed by atoms with Crippen LogP contribution in [0.3, 0.4) is 0 Å². The summed E-state index contributed by atoms with van der Waals surface area (Å²) in [6.45, 7) is -0.936. The van der Waals surface area contributed by atoms with Crippen LogP contribution in [0.15, 0.2) is 12.7 Å². The summed E-state index contributed by atoms with van der Waals surface area (Å²) in [4.78, 5) is 22.9. The van der Waals surface area contributed by atoms with Gasteiger partial charge in [-0.15, -0.1) is 0 Å². The highest BCUT2D eigenvalue weighted by molar-refractivity contribution is 7.85. The third-order valence-electron chi connectivity index (χ3n) is 3.58. The Balaban J connectivity index is 1.76. The van der Waals surface area contributed by atoms with E-state index in [2.05, 4.69) is 23.4 Å². The van der Waals surface area contributed by atoms with Gasteiger partial charge >= 0.3 is 0 Å². The zero-order valence-corrected chi connectivity index (χ0v) is 14.8. The van der Waals surface area contributed by atoms with E-state index in [-0.39, 0.29) is 17.0 Å². The molecule has 27 heavy (non-hydrogen) atoms. The van der Waals surface area contributed by atoms with Crippen molar-refractivity contribution in [2.45, 2.75) is 24.5 Å². The average Bonchev–Trinajstić information content (AvgIpc) is 3.07. The summed E-state index contributed by atoms with van der Waals surface area (Å²) >= 11 is 0. The van der Waals surface area contributed by atoms with Crippen LogP contribution in [0.5, 0.6) is 0 Å². The van der Waals surface area contributed by atoms with Gasteiger partial charge in [-0.3, -0.25) is 9.13 Å². The number of aromatic nitrogens is 4. The highest BCUT2D eigenvalue weighted by Gasteiger charge is 2.45. The molecule has 0 saturated carbocycles. The fourth-order valence-corrected chi connectivity index (χ4v) is 3.85. The molecule has 1 aliphatic rings. The molecule has 0 amide bonds. The highest BCUT2D eigenvalue weighted by Crippen LogP contribution is 2.41. The van der Waals surface area contributed by atoms with Gasteiger partial charge in [0.25, 0.3) is 7.82 Å². The topological polar surface area (TPSA) is 235 Å². The number of aliphatic hydroxyl groups is 2. The summed E-state index contributed by atoms with van der Waals surface area (Å²) in [5.41, 5.74) is 6.03. The van der Waals surface area contributed by atoms with Crippen LogP contribution in [0.2, 0.25) is 0 Å². The van der Waals surface area contributed by atoms with Crippen LogP contribution < -0.4 is 10.6 Å². The Morgan fingerprint density at radius 2 is 2.04 bits per heavy atom. The van der Waals surface area contributed by atoms with E-state index in [1.807, 2.05) is 0 Å². The Bertz CT molecular complexity index is 997. The second kappa shape index (κ2) is 7.01. The number of aliphatic hydroxyl groups excluding tert-OH is 2. The first kappa shape index (κ1) is 20.0. The highest BCUT2D eigenvalue weighted by atomic mass is 32.3. The van der Waals surface area contributed by atoms with Crippen molar-refractivity contribution >= 4 is 35.2 Å². The Morgan fingerprint density at radius 3 is 2.70 bits per heavy atom. The van der Waals surface area contributed by atoms with E-state index >= 15 is 0 Å². The number of hydrogen-bond acceptors (Lipinski definition) is 14. The number of fused-ring (bicyclic) bond motifs is 1. The molecule has 4 N–H and O–H groups in total. The molecule has 1 aliphatic heterocycles. The van der Waals surface area contributed by atoms with E-state index in [4.69, 9.17) is 10.5 Å². The van der Waals surface area contributed by atoms with Crippen molar-refractivity contribution in [3.05, 3.63) is 12.7 Å². The first-order valence-electron chi connectivity index (χ1n) is 7.06. The number of nitrogens with zero attached hydrogens (tertiary/aromatic N) is 4. The number of hydrogen-bond donors (Lipinski definition) is 3. The maximum Gasteiger partial charge on any atom is 0.282 e. The van der Waals surface area contributed by atoms with Crippen LogP contribution in [-0.2, 0) is 28.2 Å². The lowest BCUT2D eigenvalue weighted by Crippen LogP contribution is -2.34. The number of imidazole rings is 1. The number of phosphoric acid groups is 1. The molecule has 0 aliphatic carbocycles. The van der Waals surface area contributed by atoms with E-state index in [0.29, 0.717) is 0 Å². The van der Waals surface area contributed by atoms with E-state index in [1.165, 1.54) is 10.9 Å². The van der Waals surface area contributed by atoms with Crippen molar-refractivity contribution in [2.75, 3.05) is 12.3 Å². The molecule has 0 radical (unpaired) electrons. The summed E-state index contributed by atoms with van der Waals surface area (Å²) in [6, 6.07) is 0. The first-order chi connectivity index (χ1) is 12.5. The molecule has 1 saturated heterocycles. The van der Waals surface area contributed by atoms with Crippen LogP contribution in [0.25, 0.3) is 11.2 Å². The second-order valence-electron chi connectivity index (χ2n) is 5.36. The maximum atomic E-state index is 11.3. The monoisotopic (exact) mass is 425 g/mol. The zero-order chi connectivity index (χ0) is 20.0.